The van der Waals surface area contributed by atoms with E-state index in [1.165, 1.54) is 12.8 Å². The van der Waals surface area contributed by atoms with Crippen molar-refractivity contribution in [3.63, 3.8) is 0 Å². The fourth-order valence-corrected chi connectivity index (χ4v) is 1.58. The van der Waals surface area contributed by atoms with Crippen molar-refractivity contribution in [2.45, 2.75) is 39.2 Å². The minimum Gasteiger partial charge on any atom is -0.337 e. The summed E-state index contributed by atoms with van der Waals surface area (Å²) in [5.41, 5.74) is 0. The average Bonchev–Trinajstić information content (AvgIpc) is 2.60. The number of nitrogens with one attached hydrogen (secondary N) is 1. The van der Waals surface area contributed by atoms with Crippen molar-refractivity contribution < 1.29 is 0 Å². The Morgan fingerprint density at radius 2 is 2.29 bits per heavy atom. The van der Waals surface area contributed by atoms with Crippen LogP contribution in [0.2, 0.25) is 0 Å². The van der Waals surface area contributed by atoms with Crippen molar-refractivity contribution in [3.8, 4) is 0 Å². The maximum absolute atomic E-state index is 4.37. The molecule has 0 bridgehead atoms. The molecular weight excluding hydrogens is 174 g/mol. The Morgan fingerprint density at radius 1 is 1.50 bits per heavy atom. The number of aryl methyl sites for hydroxylation is 1. The van der Waals surface area contributed by atoms with Crippen LogP contribution in [0.1, 0.15) is 45.0 Å². The molecule has 1 N–H and O–H groups in total. The van der Waals surface area contributed by atoms with Crippen molar-refractivity contribution in [1.29, 1.82) is 0 Å². The van der Waals surface area contributed by atoms with Gasteiger partial charge in [0.1, 0.15) is 5.82 Å². The first kappa shape index (κ1) is 11.2. The fourth-order valence-electron chi connectivity index (χ4n) is 1.58. The van der Waals surface area contributed by atoms with Gasteiger partial charge < -0.3 is 9.88 Å². The number of hydrogen-bond donors (Lipinski definition) is 1. The molecule has 0 saturated heterocycles. The van der Waals surface area contributed by atoms with Gasteiger partial charge in [-0.3, -0.25) is 0 Å². The van der Waals surface area contributed by atoms with E-state index in [4.69, 9.17) is 0 Å². The zero-order chi connectivity index (χ0) is 10.4. The second-order valence-electron chi connectivity index (χ2n) is 3.66. The minimum absolute atomic E-state index is 0.404. The van der Waals surface area contributed by atoms with E-state index < -0.39 is 0 Å². The third-order valence-corrected chi connectivity index (χ3v) is 2.50. The summed E-state index contributed by atoms with van der Waals surface area (Å²) in [6.07, 6.45) is 7.43. The predicted molar refractivity (Wildman–Crippen MR) is 59.2 cm³/mol. The third-order valence-electron chi connectivity index (χ3n) is 2.50. The van der Waals surface area contributed by atoms with Crippen LogP contribution in [0.4, 0.5) is 0 Å². The summed E-state index contributed by atoms with van der Waals surface area (Å²) in [5.74, 6) is 1.14. The Labute approximate surface area is 86.5 Å². The second-order valence-corrected chi connectivity index (χ2v) is 3.66. The van der Waals surface area contributed by atoms with Gasteiger partial charge in [-0.05, 0) is 19.4 Å². The summed E-state index contributed by atoms with van der Waals surface area (Å²) in [5, 5.41) is 3.53. The van der Waals surface area contributed by atoms with Gasteiger partial charge in [0.15, 0.2) is 0 Å². The highest BCUT2D eigenvalue weighted by Gasteiger charge is 2.11. The molecule has 0 radical (unpaired) electrons. The number of rotatable bonds is 6. The van der Waals surface area contributed by atoms with E-state index in [0.29, 0.717) is 6.04 Å². The van der Waals surface area contributed by atoms with Gasteiger partial charge in [-0.15, -0.1) is 0 Å². The highest BCUT2D eigenvalue weighted by Crippen LogP contribution is 2.13. The highest BCUT2D eigenvalue weighted by atomic mass is 15.1. The molecule has 0 saturated carbocycles. The van der Waals surface area contributed by atoms with Gasteiger partial charge in [-0.25, -0.2) is 4.98 Å². The molecule has 1 rings (SSSR count). The van der Waals surface area contributed by atoms with Crippen LogP contribution in [0, 0.1) is 0 Å². The standard InChI is InChI=1S/C11H21N3/c1-4-6-7-12-10(5-2)11-13-8-9-14(11)3/h8-10,12H,4-7H2,1-3H3. The predicted octanol–water partition coefficient (Wildman–Crippen LogP) is 2.26. The van der Waals surface area contributed by atoms with Crippen LogP contribution in [0.25, 0.3) is 0 Å². The van der Waals surface area contributed by atoms with E-state index in [2.05, 4.69) is 28.7 Å². The molecule has 3 heteroatoms. The molecule has 14 heavy (non-hydrogen) atoms. The van der Waals surface area contributed by atoms with Gasteiger partial charge in [-0.2, -0.15) is 0 Å². The zero-order valence-electron chi connectivity index (χ0n) is 9.45. The van der Waals surface area contributed by atoms with Crippen LogP contribution in [0.5, 0.6) is 0 Å². The molecule has 0 aliphatic carbocycles. The summed E-state index contributed by atoms with van der Waals surface area (Å²) in [7, 11) is 2.05. The second kappa shape index (κ2) is 5.81. The number of hydrogen-bond acceptors (Lipinski definition) is 2. The Balaban J connectivity index is 2.50. The van der Waals surface area contributed by atoms with Crippen LogP contribution >= 0.6 is 0 Å². The molecule has 0 aromatic carbocycles. The summed E-state index contributed by atoms with van der Waals surface area (Å²) in [4.78, 5) is 4.37. The highest BCUT2D eigenvalue weighted by molar-refractivity contribution is 4.98. The smallest absolute Gasteiger partial charge is 0.125 e. The summed E-state index contributed by atoms with van der Waals surface area (Å²) < 4.78 is 2.09. The van der Waals surface area contributed by atoms with Gasteiger partial charge in [-0.1, -0.05) is 20.3 Å². The Kier molecular flexibility index (Phi) is 4.66. The van der Waals surface area contributed by atoms with Crippen LogP contribution in [0.15, 0.2) is 12.4 Å². The van der Waals surface area contributed by atoms with Crippen LogP contribution in [-0.2, 0) is 7.05 Å². The first-order chi connectivity index (χ1) is 6.79. The molecular formula is C11H21N3. The minimum atomic E-state index is 0.404. The van der Waals surface area contributed by atoms with Gasteiger partial charge in [0.25, 0.3) is 0 Å². The molecule has 3 nitrogen and oxygen atoms in total. The van der Waals surface area contributed by atoms with E-state index in [1.54, 1.807) is 0 Å². The molecule has 1 heterocycles. The molecule has 1 atom stereocenters. The van der Waals surface area contributed by atoms with Crippen LogP contribution in [-0.4, -0.2) is 16.1 Å². The molecule has 0 aliphatic rings. The molecule has 0 spiro atoms. The first-order valence-corrected chi connectivity index (χ1v) is 5.50. The quantitative estimate of drug-likeness (QED) is 0.706. The number of nitrogens with zero attached hydrogens (tertiary/aromatic N) is 2. The summed E-state index contributed by atoms with van der Waals surface area (Å²) in [6.45, 7) is 5.49. The van der Waals surface area contributed by atoms with Gasteiger partial charge >= 0.3 is 0 Å². The van der Waals surface area contributed by atoms with E-state index in [9.17, 15) is 0 Å². The van der Waals surface area contributed by atoms with E-state index in [-0.39, 0.29) is 0 Å². The van der Waals surface area contributed by atoms with E-state index >= 15 is 0 Å². The zero-order valence-corrected chi connectivity index (χ0v) is 9.45. The lowest BCUT2D eigenvalue weighted by atomic mass is 10.2. The van der Waals surface area contributed by atoms with Gasteiger partial charge in [0, 0.05) is 19.4 Å². The average molecular weight is 195 g/mol. The molecule has 0 amide bonds. The van der Waals surface area contributed by atoms with Crippen molar-refractivity contribution in [3.05, 3.63) is 18.2 Å². The maximum atomic E-state index is 4.37. The van der Waals surface area contributed by atoms with Crippen molar-refractivity contribution in [2.75, 3.05) is 6.54 Å². The van der Waals surface area contributed by atoms with E-state index in [0.717, 1.165) is 18.8 Å². The Morgan fingerprint density at radius 3 is 2.79 bits per heavy atom. The largest absolute Gasteiger partial charge is 0.337 e. The molecule has 0 aliphatic heterocycles. The van der Waals surface area contributed by atoms with Gasteiger partial charge in [0.2, 0.25) is 0 Å². The fraction of sp³-hybridized carbons (Fsp3) is 0.727. The molecule has 80 valence electrons. The summed E-state index contributed by atoms with van der Waals surface area (Å²) >= 11 is 0. The molecule has 0 fully saturated rings. The number of unbranched alkanes of at least 4 members (excludes halogenated alkanes) is 1. The first-order valence-electron chi connectivity index (χ1n) is 5.50. The van der Waals surface area contributed by atoms with Crippen molar-refractivity contribution in [1.82, 2.24) is 14.9 Å². The van der Waals surface area contributed by atoms with Crippen LogP contribution in [0.3, 0.4) is 0 Å². The lowest BCUT2D eigenvalue weighted by Gasteiger charge is -2.16. The summed E-state index contributed by atoms with van der Waals surface area (Å²) in [6, 6.07) is 0.404. The number of aromatic nitrogens is 2. The topological polar surface area (TPSA) is 29.9 Å². The Hall–Kier alpha value is -0.830. The third kappa shape index (κ3) is 2.84. The maximum Gasteiger partial charge on any atom is 0.125 e. The van der Waals surface area contributed by atoms with E-state index in [1.807, 2.05) is 19.4 Å². The molecule has 1 aromatic rings. The van der Waals surface area contributed by atoms with Crippen molar-refractivity contribution >= 4 is 0 Å². The monoisotopic (exact) mass is 195 g/mol. The Bertz CT molecular complexity index is 255. The molecule has 1 unspecified atom stereocenters. The number of imidazole rings is 1. The SMILES string of the molecule is CCCCNC(CC)c1nccn1C. The normalized spacial score (nSPS) is 13.1. The molecule has 1 aromatic heterocycles. The van der Waals surface area contributed by atoms with Crippen molar-refractivity contribution in [2.24, 2.45) is 7.05 Å². The lowest BCUT2D eigenvalue weighted by molar-refractivity contribution is 0.474. The van der Waals surface area contributed by atoms with Gasteiger partial charge in [0.05, 0.1) is 6.04 Å². The van der Waals surface area contributed by atoms with Crippen LogP contribution < -0.4 is 5.32 Å². The lowest BCUT2D eigenvalue weighted by Crippen LogP contribution is -2.24.